The first-order chi connectivity index (χ1) is 22.9. The Hall–Kier alpha value is -5.32. The molecule has 234 valence electrons. The largest absolute Gasteiger partial charge is 0.466 e. The van der Waals surface area contributed by atoms with E-state index in [1.165, 1.54) is 22.7 Å². The lowest BCUT2D eigenvalue weighted by Gasteiger charge is -2.37. The molecule has 0 unspecified atom stereocenters. The minimum Gasteiger partial charge on any atom is -0.466 e. The predicted molar refractivity (Wildman–Crippen MR) is 182 cm³/mol. The normalized spacial score (nSPS) is 17.5. The number of rotatable bonds is 2. The number of benzene rings is 3. The first kappa shape index (κ1) is 28.9. The number of hydrogen-bond acceptors (Lipinski definition) is 10. The molecule has 0 amide bonds. The van der Waals surface area contributed by atoms with Gasteiger partial charge in [0.15, 0.2) is 23.1 Å². The zero-order valence-corrected chi connectivity index (χ0v) is 27.7. The van der Waals surface area contributed by atoms with Gasteiger partial charge >= 0.3 is 0 Å². The van der Waals surface area contributed by atoms with Crippen LogP contribution in [-0.4, -0.2) is 33.1 Å². The number of carbonyl (C=O) groups is 4. The number of ether oxygens (including phenoxy) is 2. The van der Waals surface area contributed by atoms with Crippen molar-refractivity contribution in [1.29, 1.82) is 0 Å². The zero-order valence-electron chi connectivity index (χ0n) is 26.1. The fraction of sp³-hybridized carbons (Fsp3) is 0.158. The van der Waals surface area contributed by atoms with Crippen LogP contribution in [0.15, 0.2) is 71.8 Å². The molecule has 0 saturated carbocycles. The summed E-state index contributed by atoms with van der Waals surface area (Å²) in [5.74, 6) is -0.345. The van der Waals surface area contributed by atoms with Gasteiger partial charge in [-0.25, -0.2) is 9.97 Å². The van der Waals surface area contributed by atoms with E-state index in [1.807, 2.05) is 27.7 Å². The van der Waals surface area contributed by atoms with Crippen LogP contribution in [0.4, 0.5) is 0 Å². The second-order valence-corrected chi connectivity index (χ2v) is 15.1. The maximum Gasteiger partial charge on any atom is 0.234 e. The van der Waals surface area contributed by atoms with Gasteiger partial charge in [-0.3, -0.25) is 19.2 Å². The van der Waals surface area contributed by atoms with Crippen molar-refractivity contribution in [3.8, 4) is 32.6 Å². The molecule has 10 heteroatoms. The van der Waals surface area contributed by atoms with Crippen LogP contribution in [0.5, 0.6) is 11.8 Å². The minimum absolute atomic E-state index is 0.0927. The van der Waals surface area contributed by atoms with E-state index in [2.05, 4.69) is 12.1 Å². The van der Waals surface area contributed by atoms with Crippen molar-refractivity contribution in [2.24, 2.45) is 0 Å². The summed E-state index contributed by atoms with van der Waals surface area (Å²) in [7, 11) is 0. The van der Waals surface area contributed by atoms with Crippen molar-refractivity contribution < 1.29 is 28.7 Å². The summed E-state index contributed by atoms with van der Waals surface area (Å²) >= 11 is 2.73. The molecule has 0 fully saturated rings. The Balaban J connectivity index is 1.14. The van der Waals surface area contributed by atoms with E-state index in [-0.39, 0.29) is 34.3 Å². The highest BCUT2D eigenvalue weighted by Gasteiger charge is 2.42. The standard InChI is InChI=1S/C38H24N2O6S2/c1-37(2)25-13-22-26(14-21(25)33-35(45-37)39-27(47-33)15-23-29(41)17-9-5-6-10-18(17)30(23)42)38(3,4)46-36-34(22)48-28(40-36)16-24-31(43)19-11-7-8-12-20(19)32(24)44/h5-16H,1-4H3. The van der Waals surface area contributed by atoms with Crippen LogP contribution in [0.25, 0.3) is 33.0 Å². The topological polar surface area (TPSA) is 113 Å². The summed E-state index contributed by atoms with van der Waals surface area (Å²) in [4.78, 5) is 63.3. The van der Waals surface area contributed by atoms with E-state index in [0.717, 1.165) is 32.0 Å². The number of hydrogen-bond donors (Lipinski definition) is 0. The van der Waals surface area contributed by atoms with Gasteiger partial charge in [-0.2, -0.15) is 0 Å². The summed E-state index contributed by atoms with van der Waals surface area (Å²) in [6, 6.07) is 17.9. The number of fused-ring (bicyclic) bond motifs is 8. The van der Waals surface area contributed by atoms with Crippen molar-refractivity contribution in [2.75, 3.05) is 0 Å². The molecule has 8 nitrogen and oxygen atoms in total. The van der Waals surface area contributed by atoms with Crippen LogP contribution < -0.4 is 9.47 Å². The van der Waals surface area contributed by atoms with Crippen LogP contribution in [0.2, 0.25) is 0 Å². The summed E-state index contributed by atoms with van der Waals surface area (Å²) in [6.45, 7) is 7.90. The predicted octanol–water partition coefficient (Wildman–Crippen LogP) is 8.11. The van der Waals surface area contributed by atoms with Gasteiger partial charge in [0.2, 0.25) is 11.8 Å². The van der Waals surface area contributed by atoms with Crippen LogP contribution in [0.1, 0.15) is 90.3 Å². The van der Waals surface area contributed by atoms with Crippen LogP contribution in [0.3, 0.4) is 0 Å². The lowest BCUT2D eigenvalue weighted by molar-refractivity contribution is 0.0952. The quantitative estimate of drug-likeness (QED) is 0.137. The second-order valence-electron chi connectivity index (χ2n) is 13.1. The van der Waals surface area contributed by atoms with Gasteiger partial charge in [0.1, 0.15) is 21.2 Å². The van der Waals surface area contributed by atoms with Gasteiger partial charge in [-0.15, -0.1) is 22.7 Å². The molecule has 0 radical (unpaired) electrons. The molecular formula is C38H24N2O6S2. The maximum atomic E-state index is 13.1. The third-order valence-electron chi connectivity index (χ3n) is 9.22. The van der Waals surface area contributed by atoms with Crippen LogP contribution >= 0.6 is 22.7 Å². The number of aromatic nitrogens is 2. The number of allylic oxidation sites excluding steroid dienone is 2. The third kappa shape index (κ3) is 3.99. The Morgan fingerprint density at radius 2 is 0.875 bits per heavy atom. The summed E-state index contributed by atoms with van der Waals surface area (Å²) in [5.41, 5.74) is 4.00. The molecule has 0 spiro atoms. The van der Waals surface area contributed by atoms with E-state index in [0.29, 0.717) is 44.0 Å². The Labute approximate surface area is 282 Å². The summed E-state index contributed by atoms with van der Waals surface area (Å²) < 4.78 is 12.9. The average Bonchev–Trinajstić information content (AvgIpc) is 3.77. The lowest BCUT2D eigenvalue weighted by Crippen LogP contribution is -2.32. The number of ketones is 4. The SMILES string of the molecule is CC1(C)Oc2nc(C=C3C(=O)c4ccccc4C3=O)sc2-c2cc3c(cc21)-c1sc(C=C2C(=O)c4ccccc4C2=O)nc1OC3(C)C. The molecule has 2 aliphatic heterocycles. The number of nitrogens with zero attached hydrogens (tertiary/aromatic N) is 2. The molecule has 0 saturated heterocycles. The van der Waals surface area contributed by atoms with Gasteiger partial charge < -0.3 is 9.47 Å². The fourth-order valence-corrected chi connectivity index (χ4v) is 8.80. The summed E-state index contributed by atoms with van der Waals surface area (Å²) in [6.07, 6.45) is 3.13. The van der Waals surface area contributed by atoms with E-state index >= 15 is 0 Å². The zero-order chi connectivity index (χ0) is 33.3. The Morgan fingerprint density at radius 3 is 1.21 bits per heavy atom. The fourth-order valence-electron chi connectivity index (χ4n) is 6.86. The Morgan fingerprint density at radius 1 is 0.542 bits per heavy atom. The molecule has 48 heavy (non-hydrogen) atoms. The molecular weight excluding hydrogens is 645 g/mol. The van der Waals surface area contributed by atoms with Gasteiger partial charge in [0.25, 0.3) is 0 Å². The molecule has 0 bridgehead atoms. The van der Waals surface area contributed by atoms with Crippen LogP contribution in [0, 0.1) is 0 Å². The van der Waals surface area contributed by atoms with Crippen molar-refractivity contribution in [3.63, 3.8) is 0 Å². The highest BCUT2D eigenvalue weighted by Crippen LogP contribution is 2.55. The summed E-state index contributed by atoms with van der Waals surface area (Å²) in [5, 5.41) is 1.00. The minimum atomic E-state index is -0.766. The van der Waals surface area contributed by atoms with E-state index in [4.69, 9.17) is 19.4 Å². The third-order valence-corrected chi connectivity index (χ3v) is 11.3. The maximum absolute atomic E-state index is 13.1. The molecule has 4 heterocycles. The van der Waals surface area contributed by atoms with Gasteiger partial charge in [0.05, 0.1) is 20.9 Å². The van der Waals surface area contributed by atoms with E-state index in [9.17, 15) is 19.2 Å². The molecule has 2 aliphatic carbocycles. The highest BCUT2D eigenvalue weighted by molar-refractivity contribution is 7.16. The van der Waals surface area contributed by atoms with E-state index < -0.39 is 11.2 Å². The second kappa shape index (κ2) is 9.62. The van der Waals surface area contributed by atoms with Gasteiger partial charge in [-0.05, 0) is 52.0 Å². The Bertz CT molecular complexity index is 2200. The molecule has 3 aromatic carbocycles. The lowest BCUT2D eigenvalue weighted by atomic mass is 9.81. The Kier molecular flexibility index (Phi) is 5.78. The highest BCUT2D eigenvalue weighted by atomic mass is 32.1. The van der Waals surface area contributed by atoms with Crippen molar-refractivity contribution in [1.82, 2.24) is 9.97 Å². The molecule has 0 atom stereocenters. The van der Waals surface area contributed by atoms with Crippen molar-refractivity contribution in [2.45, 2.75) is 38.9 Å². The van der Waals surface area contributed by atoms with Gasteiger partial charge in [-0.1, -0.05) is 48.5 Å². The average molecular weight is 669 g/mol. The molecule has 2 aromatic heterocycles. The smallest absolute Gasteiger partial charge is 0.234 e. The van der Waals surface area contributed by atoms with E-state index in [1.54, 1.807) is 60.7 Å². The first-order valence-electron chi connectivity index (χ1n) is 15.3. The molecule has 0 N–H and O–H groups in total. The van der Waals surface area contributed by atoms with Crippen LogP contribution in [-0.2, 0) is 11.2 Å². The number of Topliss-reactive ketones (excluding diaryl/α,β-unsaturated/α-hetero) is 4. The number of carbonyl (C=O) groups excluding carboxylic acids is 4. The molecule has 4 aliphatic rings. The first-order valence-corrected chi connectivity index (χ1v) is 16.9. The van der Waals surface area contributed by atoms with Crippen molar-refractivity contribution in [3.05, 3.63) is 115 Å². The number of thiazole rings is 2. The molecule has 5 aromatic rings. The monoisotopic (exact) mass is 668 g/mol. The van der Waals surface area contributed by atoms with Crippen molar-refractivity contribution >= 4 is 58.0 Å². The molecule has 9 rings (SSSR count). The van der Waals surface area contributed by atoms with Gasteiger partial charge in [0, 0.05) is 44.5 Å².